The van der Waals surface area contributed by atoms with Crippen molar-refractivity contribution >= 4 is 20.2 Å². The average molecular weight is 322 g/mol. The fraction of sp³-hybridized carbons (Fsp3) is 1.00. The second-order valence-corrected chi connectivity index (χ2v) is 6.22. The number of ether oxygens (including phenoxy) is 3. The lowest BCUT2D eigenvalue weighted by atomic mass is 10.6. The fourth-order valence-electron chi connectivity index (χ4n) is 1.37. The van der Waals surface area contributed by atoms with Crippen LogP contribution in [0.1, 0.15) is 20.8 Å². The van der Waals surface area contributed by atoms with Gasteiger partial charge in [0.15, 0.2) is 0 Å². The molecule has 0 bridgehead atoms. The Bertz CT molecular complexity index is 460. The van der Waals surface area contributed by atoms with E-state index in [2.05, 4.69) is 4.74 Å². The van der Waals surface area contributed by atoms with Crippen LogP contribution >= 0.6 is 0 Å². The molecule has 0 aromatic carbocycles. The lowest BCUT2D eigenvalue weighted by Gasteiger charge is -2.34. The lowest BCUT2D eigenvalue weighted by molar-refractivity contribution is -0.217. The smallest absolute Gasteiger partial charge is 0.344 e. The minimum absolute atomic E-state index is 0.262. The van der Waals surface area contributed by atoms with Crippen molar-refractivity contribution in [3.05, 3.63) is 0 Å². The average Bonchev–Trinajstić information content (AvgIpc) is 2.22. The molecule has 0 rings (SSSR count). The topological polar surface area (TPSA) is 136 Å². The number of hydrogen-bond acceptors (Lipinski definition) is 7. The van der Waals surface area contributed by atoms with Crippen molar-refractivity contribution in [2.24, 2.45) is 0 Å². The first-order chi connectivity index (χ1) is 8.56. The van der Waals surface area contributed by atoms with Gasteiger partial charge in [0.25, 0.3) is 15.6 Å². The zero-order valence-corrected chi connectivity index (χ0v) is 12.4. The highest BCUT2D eigenvalue weighted by molar-refractivity contribution is 7.90. The quantitative estimate of drug-likeness (QED) is 0.438. The summed E-state index contributed by atoms with van der Waals surface area (Å²) in [4.78, 5) is 0. The minimum atomic E-state index is -5.16. The lowest BCUT2D eigenvalue weighted by Crippen LogP contribution is -2.57. The van der Waals surface area contributed by atoms with Crippen LogP contribution in [0, 0.1) is 0 Å². The Kier molecular flexibility index (Phi) is 6.82. The highest BCUT2D eigenvalue weighted by Gasteiger charge is 2.59. The molecule has 0 aliphatic rings. The summed E-state index contributed by atoms with van der Waals surface area (Å²) in [5.41, 5.74) is -2.43. The molecule has 0 heterocycles. The van der Waals surface area contributed by atoms with Crippen LogP contribution in [0.4, 0.5) is 0 Å². The van der Waals surface area contributed by atoms with Crippen LogP contribution in [-0.4, -0.2) is 56.3 Å². The van der Waals surface area contributed by atoms with Gasteiger partial charge in [-0.25, -0.2) is 0 Å². The van der Waals surface area contributed by atoms with Crippen LogP contribution in [0.15, 0.2) is 0 Å². The third-order valence-corrected chi connectivity index (χ3v) is 4.23. The summed E-state index contributed by atoms with van der Waals surface area (Å²) in [6.07, 6.45) is 0. The molecular weight excluding hydrogens is 304 g/mol. The normalized spacial score (nSPS) is 15.4. The van der Waals surface area contributed by atoms with Crippen LogP contribution in [0.3, 0.4) is 0 Å². The Morgan fingerprint density at radius 2 is 1.37 bits per heavy atom. The predicted octanol–water partition coefficient (Wildman–Crippen LogP) is -0.149. The Balaban J connectivity index is 6.04. The molecule has 0 amide bonds. The molecule has 1 atom stereocenters. The van der Waals surface area contributed by atoms with Crippen molar-refractivity contribution < 1.29 is 40.2 Å². The van der Waals surface area contributed by atoms with Crippen LogP contribution in [-0.2, 0) is 34.4 Å². The minimum Gasteiger partial charge on any atom is -0.355 e. The van der Waals surface area contributed by atoms with Crippen molar-refractivity contribution in [1.29, 1.82) is 0 Å². The fourth-order valence-corrected chi connectivity index (χ4v) is 3.76. The SMILES string of the molecule is CCOC(C(OCC)(OCC)S(=O)(=O)O)S(=O)(=O)O. The maximum absolute atomic E-state index is 11.4. The highest BCUT2D eigenvalue weighted by Crippen LogP contribution is 2.30. The van der Waals surface area contributed by atoms with Gasteiger partial charge in [0, 0.05) is 19.8 Å². The van der Waals surface area contributed by atoms with E-state index in [0.29, 0.717) is 0 Å². The zero-order chi connectivity index (χ0) is 15.3. The van der Waals surface area contributed by atoms with E-state index in [9.17, 15) is 21.4 Å². The highest BCUT2D eigenvalue weighted by atomic mass is 32.2. The monoisotopic (exact) mass is 322 g/mol. The van der Waals surface area contributed by atoms with Gasteiger partial charge in [0.1, 0.15) is 0 Å². The van der Waals surface area contributed by atoms with Crippen molar-refractivity contribution in [2.45, 2.75) is 31.3 Å². The maximum Gasteiger partial charge on any atom is 0.344 e. The van der Waals surface area contributed by atoms with E-state index in [1.165, 1.54) is 20.8 Å². The van der Waals surface area contributed by atoms with Gasteiger partial charge in [0.05, 0.1) is 0 Å². The van der Waals surface area contributed by atoms with Gasteiger partial charge in [-0.3, -0.25) is 9.11 Å². The van der Waals surface area contributed by atoms with Crippen LogP contribution in [0.2, 0.25) is 0 Å². The summed E-state index contributed by atoms with van der Waals surface area (Å²) in [7, 11) is -10.2. The number of hydrogen-bond donors (Lipinski definition) is 2. The number of rotatable bonds is 9. The molecule has 1 unspecified atom stereocenters. The van der Waals surface area contributed by atoms with Gasteiger partial charge in [0.2, 0.25) is 0 Å². The molecule has 0 aliphatic carbocycles. The third-order valence-electron chi connectivity index (χ3n) is 1.93. The summed E-state index contributed by atoms with van der Waals surface area (Å²) in [6, 6.07) is 0. The summed E-state index contributed by atoms with van der Waals surface area (Å²) in [5, 5.41) is -3.04. The van der Waals surface area contributed by atoms with Gasteiger partial charge >= 0.3 is 15.2 Å². The first-order valence-corrected chi connectivity index (χ1v) is 8.33. The second-order valence-electron chi connectivity index (χ2n) is 3.25. The molecule has 0 spiro atoms. The Labute approximate surface area is 112 Å². The largest absolute Gasteiger partial charge is 0.355 e. The van der Waals surface area contributed by atoms with E-state index >= 15 is 0 Å². The molecule has 2 N–H and O–H groups in total. The van der Waals surface area contributed by atoms with Gasteiger partial charge in [-0.1, -0.05) is 0 Å². The molecule has 0 aliphatic heterocycles. The van der Waals surface area contributed by atoms with Gasteiger partial charge in [-0.2, -0.15) is 16.8 Å². The summed E-state index contributed by atoms with van der Waals surface area (Å²) >= 11 is 0. The van der Waals surface area contributed by atoms with Gasteiger partial charge in [-0.05, 0) is 20.8 Å². The van der Waals surface area contributed by atoms with E-state index in [0.717, 1.165) is 0 Å². The molecule has 116 valence electrons. The Morgan fingerprint density at radius 1 is 0.947 bits per heavy atom. The van der Waals surface area contributed by atoms with E-state index in [1.54, 1.807) is 0 Å². The zero-order valence-electron chi connectivity index (χ0n) is 10.8. The molecule has 0 saturated heterocycles. The summed E-state index contributed by atoms with van der Waals surface area (Å²) in [5.74, 6) is 0. The first kappa shape index (κ1) is 18.7. The molecule has 9 nitrogen and oxygen atoms in total. The van der Waals surface area contributed by atoms with Crippen LogP contribution in [0.5, 0.6) is 0 Å². The molecule has 0 aromatic heterocycles. The molecule has 0 aromatic rings. The Hall–Kier alpha value is -0.300. The molecular formula is C8H18O9S2. The molecule has 11 heteroatoms. The van der Waals surface area contributed by atoms with Crippen molar-refractivity contribution in [1.82, 2.24) is 0 Å². The van der Waals surface area contributed by atoms with Gasteiger partial charge < -0.3 is 14.2 Å². The van der Waals surface area contributed by atoms with Crippen LogP contribution in [0.25, 0.3) is 0 Å². The van der Waals surface area contributed by atoms with E-state index in [4.69, 9.17) is 14.0 Å². The molecule has 19 heavy (non-hydrogen) atoms. The van der Waals surface area contributed by atoms with E-state index in [-0.39, 0.29) is 19.8 Å². The standard InChI is InChI=1S/C8H18O9S2/c1-4-15-7(18(9,10)11)8(16-5-2,17-6-3)19(12,13)14/h7H,4-6H2,1-3H3,(H,9,10,11)(H,12,13,14). The van der Waals surface area contributed by atoms with E-state index in [1.807, 2.05) is 0 Å². The second kappa shape index (κ2) is 6.92. The maximum atomic E-state index is 11.4. The third kappa shape index (κ3) is 4.34. The first-order valence-electron chi connectivity index (χ1n) is 5.39. The van der Waals surface area contributed by atoms with Crippen LogP contribution < -0.4 is 0 Å². The molecule has 0 saturated carbocycles. The summed E-state index contributed by atoms with van der Waals surface area (Å²) < 4.78 is 77.9. The molecule has 0 radical (unpaired) electrons. The van der Waals surface area contributed by atoms with Gasteiger partial charge in [-0.15, -0.1) is 0 Å². The molecule has 0 fully saturated rings. The van der Waals surface area contributed by atoms with Crippen molar-refractivity contribution in [2.75, 3.05) is 19.8 Å². The van der Waals surface area contributed by atoms with Crippen molar-refractivity contribution in [3.63, 3.8) is 0 Å². The summed E-state index contributed by atoms with van der Waals surface area (Å²) in [6.45, 7) is 3.20. The predicted molar refractivity (Wildman–Crippen MR) is 64.5 cm³/mol. The van der Waals surface area contributed by atoms with E-state index < -0.39 is 30.8 Å². The Morgan fingerprint density at radius 3 is 1.58 bits per heavy atom. The van der Waals surface area contributed by atoms with Crippen molar-refractivity contribution in [3.8, 4) is 0 Å².